The van der Waals surface area contributed by atoms with Crippen molar-refractivity contribution in [1.82, 2.24) is 9.88 Å². The monoisotopic (exact) mass is 458 g/mol. The van der Waals surface area contributed by atoms with Crippen LogP contribution >= 0.6 is 46.4 Å². The number of anilines is 2. The van der Waals surface area contributed by atoms with Gasteiger partial charge >= 0.3 is 6.03 Å². The fourth-order valence-electron chi connectivity index (χ4n) is 3.68. The minimum atomic E-state index is -0.584. The predicted molar refractivity (Wildman–Crippen MR) is 111 cm³/mol. The molecule has 3 heterocycles. The van der Waals surface area contributed by atoms with Gasteiger partial charge in [-0.25, -0.2) is 9.78 Å². The van der Waals surface area contributed by atoms with E-state index in [0.29, 0.717) is 11.3 Å². The number of urea groups is 1. The summed E-state index contributed by atoms with van der Waals surface area (Å²) in [6, 6.07) is 4.69. The molecule has 2 N–H and O–H groups in total. The van der Waals surface area contributed by atoms with Gasteiger partial charge in [-0.3, -0.25) is 10.1 Å². The number of carbonyl (C=O) groups is 2. The summed E-state index contributed by atoms with van der Waals surface area (Å²) < 4.78 is 0. The van der Waals surface area contributed by atoms with E-state index in [4.69, 9.17) is 46.4 Å². The van der Waals surface area contributed by atoms with Crippen LogP contribution in [0.2, 0.25) is 20.2 Å². The van der Waals surface area contributed by atoms with Crippen LogP contribution in [0.15, 0.2) is 18.2 Å². The number of rotatable bonds is 2. The van der Waals surface area contributed by atoms with Crippen molar-refractivity contribution in [3.63, 3.8) is 0 Å². The number of benzene rings is 1. The molecule has 1 aromatic carbocycles. The molecule has 146 valence electrons. The summed E-state index contributed by atoms with van der Waals surface area (Å²) in [4.78, 5) is 31.0. The Labute approximate surface area is 181 Å². The lowest BCUT2D eigenvalue weighted by molar-refractivity contribution is 0.0672. The molecule has 10 heteroatoms. The fourth-order valence-corrected chi connectivity index (χ4v) is 4.46. The Morgan fingerprint density at radius 3 is 2.64 bits per heavy atom. The second kappa shape index (κ2) is 7.59. The lowest BCUT2D eigenvalue weighted by atomic mass is 9.96. The number of hydrogen-bond donors (Lipinski definition) is 2. The van der Waals surface area contributed by atoms with Gasteiger partial charge in [0.05, 0.1) is 16.1 Å². The highest BCUT2D eigenvalue weighted by Crippen LogP contribution is 2.43. The van der Waals surface area contributed by atoms with E-state index >= 15 is 0 Å². The summed E-state index contributed by atoms with van der Waals surface area (Å²) in [5, 5.41) is 5.22. The molecule has 1 aromatic heterocycles. The van der Waals surface area contributed by atoms with Gasteiger partial charge in [-0.2, -0.15) is 0 Å². The second-order valence-corrected chi connectivity index (χ2v) is 8.04. The van der Waals surface area contributed by atoms with Gasteiger partial charge in [-0.15, -0.1) is 0 Å². The van der Waals surface area contributed by atoms with Crippen molar-refractivity contribution in [2.24, 2.45) is 0 Å². The van der Waals surface area contributed by atoms with Gasteiger partial charge in [0.2, 0.25) is 0 Å². The first-order valence-electron chi connectivity index (χ1n) is 8.60. The van der Waals surface area contributed by atoms with Crippen molar-refractivity contribution >= 4 is 69.8 Å². The minimum absolute atomic E-state index is 0.00248. The number of nitrogens with one attached hydrogen (secondary N) is 2. The molecule has 0 saturated carbocycles. The highest BCUT2D eigenvalue weighted by Gasteiger charge is 2.39. The Kier molecular flexibility index (Phi) is 5.31. The van der Waals surface area contributed by atoms with E-state index < -0.39 is 6.03 Å². The summed E-state index contributed by atoms with van der Waals surface area (Å²) in [6.45, 7) is 0.727. The molecule has 2 aliphatic rings. The van der Waals surface area contributed by atoms with Crippen LogP contribution in [0, 0.1) is 0 Å². The normalized spacial score (nSPS) is 17.9. The van der Waals surface area contributed by atoms with E-state index in [1.165, 1.54) is 0 Å². The zero-order valence-electron chi connectivity index (χ0n) is 14.4. The summed E-state index contributed by atoms with van der Waals surface area (Å²) in [7, 11) is 0. The van der Waals surface area contributed by atoms with Gasteiger partial charge in [-0.05, 0) is 31.4 Å². The first-order chi connectivity index (χ1) is 13.4. The number of hydrogen-bond acceptors (Lipinski definition) is 3. The van der Waals surface area contributed by atoms with E-state index in [2.05, 4.69) is 15.6 Å². The van der Waals surface area contributed by atoms with E-state index in [1.54, 1.807) is 18.2 Å². The van der Waals surface area contributed by atoms with Crippen LogP contribution in [0.1, 0.15) is 41.2 Å². The molecule has 0 aliphatic carbocycles. The lowest BCUT2D eigenvalue weighted by Gasteiger charge is -2.30. The number of amides is 3. The number of piperidine rings is 1. The topological polar surface area (TPSA) is 74.3 Å². The molecule has 6 nitrogen and oxygen atoms in total. The van der Waals surface area contributed by atoms with Crippen LogP contribution in [0.3, 0.4) is 0 Å². The third-order valence-electron chi connectivity index (χ3n) is 4.90. The quantitative estimate of drug-likeness (QED) is 0.539. The van der Waals surface area contributed by atoms with Crippen molar-refractivity contribution in [3.05, 3.63) is 49.5 Å². The number of nitrogens with zero attached hydrogens (tertiary/aromatic N) is 2. The van der Waals surface area contributed by atoms with E-state index in [1.807, 2.05) is 4.90 Å². The molecule has 4 rings (SSSR count). The Balaban J connectivity index is 1.60. The molecule has 1 saturated heterocycles. The van der Waals surface area contributed by atoms with Crippen molar-refractivity contribution in [1.29, 1.82) is 0 Å². The number of halogens is 4. The number of fused-ring (bicyclic) bond motifs is 3. The van der Waals surface area contributed by atoms with Crippen LogP contribution in [0.4, 0.5) is 16.3 Å². The maximum absolute atomic E-state index is 12.6. The number of pyridine rings is 1. The van der Waals surface area contributed by atoms with E-state index in [9.17, 15) is 9.59 Å². The van der Waals surface area contributed by atoms with Crippen LogP contribution in [0.25, 0.3) is 0 Å². The van der Waals surface area contributed by atoms with Crippen LogP contribution in [0.5, 0.6) is 0 Å². The summed E-state index contributed by atoms with van der Waals surface area (Å²) in [5.74, 6) is -0.00810. The zero-order valence-corrected chi connectivity index (χ0v) is 17.4. The van der Waals surface area contributed by atoms with Gasteiger partial charge in [-0.1, -0.05) is 52.5 Å². The molecule has 0 radical (unpaired) electrons. The molecule has 1 fully saturated rings. The van der Waals surface area contributed by atoms with Crippen molar-refractivity contribution in [3.8, 4) is 0 Å². The maximum Gasteiger partial charge on any atom is 0.324 e. The van der Waals surface area contributed by atoms with E-state index in [0.717, 1.165) is 31.4 Å². The second-order valence-electron chi connectivity index (χ2n) is 6.55. The number of aromatic nitrogens is 1. The highest BCUT2D eigenvalue weighted by atomic mass is 35.5. The zero-order chi connectivity index (χ0) is 20.0. The van der Waals surface area contributed by atoms with Crippen LogP contribution < -0.4 is 10.6 Å². The van der Waals surface area contributed by atoms with Crippen LogP contribution in [-0.4, -0.2) is 28.4 Å². The Bertz CT molecular complexity index is 998. The van der Waals surface area contributed by atoms with E-state index in [-0.39, 0.29) is 38.0 Å². The Morgan fingerprint density at radius 2 is 1.86 bits per heavy atom. The Morgan fingerprint density at radius 1 is 1.07 bits per heavy atom. The van der Waals surface area contributed by atoms with Gasteiger partial charge in [0.15, 0.2) is 11.0 Å². The minimum Gasteiger partial charge on any atom is -0.331 e. The third kappa shape index (κ3) is 3.28. The molecule has 1 atom stereocenters. The molecule has 0 spiro atoms. The first kappa shape index (κ1) is 19.6. The predicted octanol–water partition coefficient (Wildman–Crippen LogP) is 6.02. The van der Waals surface area contributed by atoms with Crippen molar-refractivity contribution in [2.45, 2.75) is 25.3 Å². The van der Waals surface area contributed by atoms with Gasteiger partial charge in [0.1, 0.15) is 5.02 Å². The smallest absolute Gasteiger partial charge is 0.324 e. The highest BCUT2D eigenvalue weighted by molar-refractivity contribution is 6.52. The van der Waals surface area contributed by atoms with Gasteiger partial charge < -0.3 is 10.2 Å². The summed E-state index contributed by atoms with van der Waals surface area (Å²) in [6.07, 6.45) is 2.90. The number of carbonyl (C=O) groups excluding carboxylic acids is 2. The van der Waals surface area contributed by atoms with Crippen molar-refractivity contribution in [2.75, 3.05) is 17.2 Å². The summed E-state index contributed by atoms with van der Waals surface area (Å²) >= 11 is 23.9. The SMILES string of the molecule is O=C(Nc1cccc2c1C1CCCCN1C2=O)Nc1nc(Cl)c(Cl)c(Cl)c1Cl. The molecule has 3 amide bonds. The molecular weight excluding hydrogens is 446 g/mol. The molecule has 2 aliphatic heterocycles. The largest absolute Gasteiger partial charge is 0.331 e. The third-order valence-corrected chi connectivity index (χ3v) is 6.58. The molecular formula is C18H14Cl4N4O2. The van der Waals surface area contributed by atoms with Crippen molar-refractivity contribution < 1.29 is 9.59 Å². The first-order valence-corrected chi connectivity index (χ1v) is 10.1. The summed E-state index contributed by atoms with van der Waals surface area (Å²) in [5.41, 5.74) is 2.03. The van der Waals surface area contributed by atoms with Crippen LogP contribution in [-0.2, 0) is 0 Å². The average Bonchev–Trinajstić information content (AvgIpc) is 2.98. The lowest BCUT2D eigenvalue weighted by Crippen LogP contribution is -2.32. The standard InChI is InChI=1S/C18H14Cl4N4O2/c19-12-13(20)15(22)24-16(14(12)21)25-18(28)23-9-5-3-4-8-11(9)10-6-1-2-7-26(10)17(8)27/h3-5,10H,1-2,6-7H2,(H2,23,24,25,28). The Hall–Kier alpha value is -1.73. The molecule has 28 heavy (non-hydrogen) atoms. The fraction of sp³-hybridized carbons (Fsp3) is 0.278. The molecule has 2 aromatic rings. The molecule has 1 unspecified atom stereocenters. The van der Waals surface area contributed by atoms with Gasteiger partial charge in [0, 0.05) is 23.4 Å². The maximum atomic E-state index is 12.6. The average molecular weight is 460 g/mol. The molecule has 0 bridgehead atoms. The van der Waals surface area contributed by atoms with Gasteiger partial charge in [0.25, 0.3) is 5.91 Å².